The molecule has 1 aliphatic rings. The van der Waals surface area contributed by atoms with Crippen LogP contribution in [0.15, 0.2) is 0 Å². The maximum Gasteiger partial charge on any atom is 0.223 e. The van der Waals surface area contributed by atoms with Gasteiger partial charge in [-0.2, -0.15) is 0 Å². The summed E-state index contributed by atoms with van der Waals surface area (Å²) in [4.78, 5) is 28.1. The van der Waals surface area contributed by atoms with Crippen LogP contribution in [-0.2, 0) is 9.59 Å². The van der Waals surface area contributed by atoms with E-state index in [0.29, 0.717) is 18.8 Å². The van der Waals surface area contributed by atoms with Crippen molar-refractivity contribution in [3.63, 3.8) is 0 Å². The van der Waals surface area contributed by atoms with Crippen LogP contribution in [0.4, 0.5) is 0 Å². The first kappa shape index (κ1) is 18.0. The Hall–Kier alpha value is -1.10. The quantitative estimate of drug-likeness (QED) is 0.701. The van der Waals surface area contributed by atoms with Crippen molar-refractivity contribution in [2.24, 2.45) is 5.92 Å². The minimum Gasteiger partial charge on any atom is -0.343 e. The van der Waals surface area contributed by atoms with E-state index in [1.807, 2.05) is 16.8 Å². The Labute approximate surface area is 129 Å². The van der Waals surface area contributed by atoms with Gasteiger partial charge in [-0.25, -0.2) is 0 Å². The third-order valence-electron chi connectivity index (χ3n) is 4.02. The summed E-state index contributed by atoms with van der Waals surface area (Å²) < 4.78 is 0. The van der Waals surface area contributed by atoms with Gasteiger partial charge in [-0.05, 0) is 38.8 Å². The molecule has 2 amide bonds. The van der Waals surface area contributed by atoms with Crippen molar-refractivity contribution in [1.29, 1.82) is 0 Å². The molecule has 0 aromatic carbocycles. The number of carbonyl (C=O) groups is 2. The summed E-state index contributed by atoms with van der Waals surface area (Å²) in [6.07, 6.45) is 3.72. The van der Waals surface area contributed by atoms with Gasteiger partial charge in [0.25, 0.3) is 0 Å². The van der Waals surface area contributed by atoms with Crippen LogP contribution in [-0.4, -0.2) is 61.4 Å². The van der Waals surface area contributed by atoms with E-state index in [-0.39, 0.29) is 11.8 Å². The number of nitrogens with one attached hydrogen (secondary N) is 1. The first-order valence-corrected chi connectivity index (χ1v) is 8.32. The average Bonchev–Trinajstić information content (AvgIpc) is 2.93. The van der Waals surface area contributed by atoms with Gasteiger partial charge in [0.15, 0.2) is 0 Å². The molecule has 5 heteroatoms. The van der Waals surface area contributed by atoms with Gasteiger partial charge in [-0.1, -0.05) is 13.8 Å². The van der Waals surface area contributed by atoms with Crippen LogP contribution < -0.4 is 5.32 Å². The van der Waals surface area contributed by atoms with E-state index in [1.54, 1.807) is 0 Å². The fourth-order valence-electron chi connectivity index (χ4n) is 2.95. The molecule has 5 nitrogen and oxygen atoms in total. The van der Waals surface area contributed by atoms with Crippen LogP contribution in [0.2, 0.25) is 0 Å². The van der Waals surface area contributed by atoms with Crippen molar-refractivity contribution in [3.8, 4) is 0 Å². The second-order valence-corrected chi connectivity index (χ2v) is 5.93. The largest absolute Gasteiger partial charge is 0.343 e. The fourth-order valence-corrected chi connectivity index (χ4v) is 2.95. The van der Waals surface area contributed by atoms with Crippen molar-refractivity contribution < 1.29 is 9.59 Å². The van der Waals surface area contributed by atoms with Crippen LogP contribution in [0.1, 0.15) is 46.0 Å². The number of carbonyl (C=O) groups excluding carboxylic acids is 2. The summed E-state index contributed by atoms with van der Waals surface area (Å²) in [5, 5.41) is 3.16. The molecule has 0 aromatic rings. The lowest BCUT2D eigenvalue weighted by Gasteiger charge is -2.22. The van der Waals surface area contributed by atoms with Gasteiger partial charge in [0.05, 0.1) is 0 Å². The van der Waals surface area contributed by atoms with Gasteiger partial charge >= 0.3 is 0 Å². The van der Waals surface area contributed by atoms with Crippen LogP contribution in [0.25, 0.3) is 0 Å². The van der Waals surface area contributed by atoms with Gasteiger partial charge in [-0.3, -0.25) is 9.59 Å². The van der Waals surface area contributed by atoms with Crippen molar-refractivity contribution in [1.82, 2.24) is 15.1 Å². The van der Waals surface area contributed by atoms with E-state index in [9.17, 15) is 9.59 Å². The average molecular weight is 297 g/mol. The molecule has 0 saturated carbocycles. The number of hydrogen-bond donors (Lipinski definition) is 1. The first-order chi connectivity index (χ1) is 10.1. The summed E-state index contributed by atoms with van der Waals surface area (Å²) in [7, 11) is 1.94. The normalized spacial score (nSPS) is 18.0. The Morgan fingerprint density at radius 1 is 1.19 bits per heavy atom. The molecule has 1 unspecified atom stereocenters. The minimum atomic E-state index is 0.123. The third kappa shape index (κ3) is 6.04. The van der Waals surface area contributed by atoms with Crippen molar-refractivity contribution in [3.05, 3.63) is 0 Å². The third-order valence-corrected chi connectivity index (χ3v) is 4.02. The number of hydrogen-bond acceptors (Lipinski definition) is 3. The van der Waals surface area contributed by atoms with E-state index in [4.69, 9.17) is 0 Å². The second-order valence-electron chi connectivity index (χ2n) is 5.93. The highest BCUT2D eigenvalue weighted by molar-refractivity contribution is 5.84. The predicted octanol–water partition coefficient (Wildman–Crippen LogP) is 1.48. The molecule has 1 fully saturated rings. The molecule has 0 radical (unpaired) electrons. The SMILES string of the molecule is CCCN(CCC)C(=O)CCC(=O)N1CCC(CNC)C1. The van der Waals surface area contributed by atoms with E-state index < -0.39 is 0 Å². The number of amides is 2. The van der Waals surface area contributed by atoms with Crippen molar-refractivity contribution in [2.75, 3.05) is 39.8 Å². The summed E-state index contributed by atoms with van der Waals surface area (Å²) in [5.41, 5.74) is 0. The standard InChI is InChI=1S/C16H31N3O2/c1-4-9-18(10-5-2)15(20)6-7-16(21)19-11-8-14(13-19)12-17-3/h14,17H,4-13H2,1-3H3. The van der Waals surface area contributed by atoms with Crippen LogP contribution >= 0.6 is 0 Å². The molecule has 0 aromatic heterocycles. The van der Waals surface area contributed by atoms with E-state index in [2.05, 4.69) is 19.2 Å². The molecular weight excluding hydrogens is 266 g/mol. The van der Waals surface area contributed by atoms with E-state index >= 15 is 0 Å². The van der Waals surface area contributed by atoms with Crippen LogP contribution in [0.5, 0.6) is 0 Å². The van der Waals surface area contributed by atoms with E-state index in [1.165, 1.54) is 0 Å². The summed E-state index contributed by atoms with van der Waals surface area (Å²) >= 11 is 0. The van der Waals surface area contributed by atoms with Gasteiger partial charge in [0.1, 0.15) is 0 Å². The zero-order valence-electron chi connectivity index (χ0n) is 13.9. The Balaban J connectivity index is 2.33. The molecule has 0 spiro atoms. The van der Waals surface area contributed by atoms with Gasteiger partial charge in [0.2, 0.25) is 11.8 Å². The van der Waals surface area contributed by atoms with Gasteiger partial charge < -0.3 is 15.1 Å². The van der Waals surface area contributed by atoms with Crippen LogP contribution in [0.3, 0.4) is 0 Å². The maximum atomic E-state index is 12.2. The molecule has 21 heavy (non-hydrogen) atoms. The molecule has 0 aliphatic carbocycles. The summed E-state index contributed by atoms with van der Waals surface area (Å²) in [5.74, 6) is 0.819. The predicted molar refractivity (Wildman–Crippen MR) is 85.0 cm³/mol. The zero-order chi connectivity index (χ0) is 15.7. The summed E-state index contributed by atoms with van der Waals surface area (Å²) in [6, 6.07) is 0. The number of likely N-dealkylation sites (tertiary alicyclic amines) is 1. The molecular formula is C16H31N3O2. The minimum absolute atomic E-state index is 0.123. The molecule has 1 aliphatic heterocycles. The highest BCUT2D eigenvalue weighted by Gasteiger charge is 2.26. The maximum absolute atomic E-state index is 12.2. The van der Waals surface area contributed by atoms with E-state index in [0.717, 1.165) is 52.0 Å². The van der Waals surface area contributed by atoms with Crippen molar-refractivity contribution in [2.45, 2.75) is 46.0 Å². The first-order valence-electron chi connectivity index (χ1n) is 8.32. The molecule has 1 rings (SSSR count). The lowest BCUT2D eigenvalue weighted by atomic mass is 10.1. The Morgan fingerprint density at radius 3 is 2.43 bits per heavy atom. The van der Waals surface area contributed by atoms with Crippen LogP contribution in [0, 0.1) is 5.92 Å². The van der Waals surface area contributed by atoms with Gasteiger partial charge in [0, 0.05) is 39.0 Å². The highest BCUT2D eigenvalue weighted by Crippen LogP contribution is 2.17. The number of rotatable bonds is 9. The van der Waals surface area contributed by atoms with Crippen molar-refractivity contribution >= 4 is 11.8 Å². The summed E-state index contributed by atoms with van der Waals surface area (Å²) in [6.45, 7) is 8.39. The van der Waals surface area contributed by atoms with Gasteiger partial charge in [-0.15, -0.1) is 0 Å². The second kappa shape index (κ2) is 9.77. The Bertz CT molecular complexity index is 327. The molecule has 1 heterocycles. The lowest BCUT2D eigenvalue weighted by Crippen LogP contribution is -2.35. The Kier molecular flexibility index (Phi) is 8.35. The topological polar surface area (TPSA) is 52.7 Å². The molecule has 1 atom stereocenters. The highest BCUT2D eigenvalue weighted by atomic mass is 16.2. The zero-order valence-corrected chi connectivity index (χ0v) is 13.9. The fraction of sp³-hybridized carbons (Fsp3) is 0.875. The monoisotopic (exact) mass is 297 g/mol. The lowest BCUT2D eigenvalue weighted by molar-refractivity contribution is -0.136. The Morgan fingerprint density at radius 2 is 1.86 bits per heavy atom. The number of nitrogens with zero attached hydrogens (tertiary/aromatic N) is 2. The molecule has 0 bridgehead atoms. The molecule has 1 N–H and O–H groups in total. The molecule has 1 saturated heterocycles. The molecule has 122 valence electrons. The smallest absolute Gasteiger partial charge is 0.223 e.